The van der Waals surface area contributed by atoms with Crippen molar-refractivity contribution in [2.75, 3.05) is 26.7 Å². The Morgan fingerprint density at radius 3 is 2.59 bits per heavy atom. The molecule has 22 heavy (non-hydrogen) atoms. The number of nitrogens with zero attached hydrogens (tertiary/aromatic N) is 1. The van der Waals surface area contributed by atoms with Crippen LogP contribution in [0.4, 0.5) is 9.18 Å². The van der Waals surface area contributed by atoms with E-state index >= 15 is 0 Å². The molecule has 0 saturated carbocycles. The average molecular weight is 311 g/mol. The van der Waals surface area contributed by atoms with Crippen molar-refractivity contribution in [3.05, 3.63) is 29.6 Å². The van der Waals surface area contributed by atoms with Crippen LogP contribution < -0.4 is 15.4 Å². The lowest BCUT2D eigenvalue weighted by Gasteiger charge is -2.20. The number of benzene rings is 1. The van der Waals surface area contributed by atoms with E-state index in [0.717, 1.165) is 5.56 Å². The van der Waals surface area contributed by atoms with Crippen molar-refractivity contribution in [1.82, 2.24) is 15.5 Å². The SMILES string of the molecule is CCNC(=O)NC(=O)CN(CC)Cc1ccc(OC)c(F)c1. The van der Waals surface area contributed by atoms with Gasteiger partial charge in [-0.3, -0.25) is 15.0 Å². The van der Waals surface area contributed by atoms with Crippen molar-refractivity contribution in [1.29, 1.82) is 0 Å². The highest BCUT2D eigenvalue weighted by Gasteiger charge is 2.13. The lowest BCUT2D eigenvalue weighted by Crippen LogP contribution is -2.44. The predicted molar refractivity (Wildman–Crippen MR) is 81.1 cm³/mol. The molecule has 3 amide bonds. The minimum atomic E-state index is -0.515. The molecule has 0 atom stereocenters. The number of amides is 3. The Morgan fingerprint density at radius 1 is 1.32 bits per heavy atom. The zero-order chi connectivity index (χ0) is 16.5. The van der Waals surface area contributed by atoms with Gasteiger partial charge in [-0.25, -0.2) is 9.18 Å². The fraction of sp³-hybridized carbons (Fsp3) is 0.467. The molecule has 0 spiro atoms. The third kappa shape index (κ3) is 5.69. The summed E-state index contributed by atoms with van der Waals surface area (Å²) in [5.41, 5.74) is 0.728. The molecule has 122 valence electrons. The largest absolute Gasteiger partial charge is 0.494 e. The highest BCUT2D eigenvalue weighted by Crippen LogP contribution is 2.18. The molecule has 1 aromatic rings. The maximum absolute atomic E-state index is 13.6. The van der Waals surface area contributed by atoms with E-state index in [2.05, 4.69) is 10.6 Å². The van der Waals surface area contributed by atoms with E-state index < -0.39 is 17.8 Å². The summed E-state index contributed by atoms with van der Waals surface area (Å²) < 4.78 is 18.5. The Labute approximate surface area is 129 Å². The first kappa shape index (κ1) is 17.9. The maximum Gasteiger partial charge on any atom is 0.321 e. The van der Waals surface area contributed by atoms with Crippen LogP contribution in [0.15, 0.2) is 18.2 Å². The molecule has 0 radical (unpaired) electrons. The number of imide groups is 1. The standard InChI is InChI=1S/C15H22FN3O3/c1-4-17-15(21)18-14(20)10-19(5-2)9-11-6-7-13(22-3)12(16)8-11/h6-8H,4-5,9-10H2,1-3H3,(H2,17,18,20,21). The minimum Gasteiger partial charge on any atom is -0.494 e. The van der Waals surface area contributed by atoms with E-state index in [0.29, 0.717) is 19.6 Å². The van der Waals surface area contributed by atoms with Crippen LogP contribution in [0.3, 0.4) is 0 Å². The molecular weight excluding hydrogens is 289 g/mol. The van der Waals surface area contributed by atoms with Crippen molar-refractivity contribution < 1.29 is 18.7 Å². The third-order valence-corrected chi connectivity index (χ3v) is 3.03. The maximum atomic E-state index is 13.6. The third-order valence-electron chi connectivity index (χ3n) is 3.03. The van der Waals surface area contributed by atoms with E-state index in [-0.39, 0.29) is 12.3 Å². The van der Waals surface area contributed by atoms with Gasteiger partial charge < -0.3 is 10.1 Å². The van der Waals surface area contributed by atoms with Crippen LogP contribution in [0.1, 0.15) is 19.4 Å². The summed E-state index contributed by atoms with van der Waals surface area (Å²) in [5, 5.41) is 4.72. The van der Waals surface area contributed by atoms with E-state index in [1.807, 2.05) is 6.92 Å². The Balaban J connectivity index is 2.59. The van der Waals surface area contributed by atoms with Crippen molar-refractivity contribution in [2.24, 2.45) is 0 Å². The van der Waals surface area contributed by atoms with Gasteiger partial charge in [0.15, 0.2) is 11.6 Å². The second-order valence-corrected chi connectivity index (χ2v) is 4.68. The molecule has 7 heteroatoms. The van der Waals surface area contributed by atoms with Crippen molar-refractivity contribution in [3.8, 4) is 5.75 Å². The number of nitrogens with one attached hydrogen (secondary N) is 2. The first-order valence-electron chi connectivity index (χ1n) is 7.12. The number of carbonyl (C=O) groups is 2. The van der Waals surface area contributed by atoms with Gasteiger partial charge in [0, 0.05) is 13.1 Å². The summed E-state index contributed by atoms with van der Waals surface area (Å²) in [6.07, 6.45) is 0. The number of hydrogen-bond acceptors (Lipinski definition) is 4. The van der Waals surface area contributed by atoms with Gasteiger partial charge in [-0.05, 0) is 31.2 Å². The molecule has 0 heterocycles. The summed E-state index contributed by atoms with van der Waals surface area (Å²) in [5.74, 6) is -0.662. The molecule has 0 fully saturated rings. The Hall–Kier alpha value is -2.15. The molecule has 1 rings (SSSR count). The van der Waals surface area contributed by atoms with Gasteiger partial charge in [-0.15, -0.1) is 0 Å². The van der Waals surface area contributed by atoms with Crippen LogP contribution in [-0.4, -0.2) is 43.6 Å². The van der Waals surface area contributed by atoms with Crippen LogP contribution in [-0.2, 0) is 11.3 Å². The van der Waals surface area contributed by atoms with Gasteiger partial charge in [0.1, 0.15) is 0 Å². The van der Waals surface area contributed by atoms with E-state index in [1.54, 1.807) is 24.0 Å². The average Bonchev–Trinajstić information content (AvgIpc) is 2.46. The first-order chi connectivity index (χ1) is 10.5. The molecule has 0 unspecified atom stereocenters. The molecule has 1 aromatic carbocycles. The summed E-state index contributed by atoms with van der Waals surface area (Å²) in [7, 11) is 1.40. The number of carbonyl (C=O) groups excluding carboxylic acids is 2. The van der Waals surface area contributed by atoms with E-state index in [4.69, 9.17) is 4.74 Å². The number of halogens is 1. The molecule has 0 bridgehead atoms. The van der Waals surface area contributed by atoms with Gasteiger partial charge in [0.25, 0.3) is 0 Å². The van der Waals surface area contributed by atoms with Crippen LogP contribution in [0.2, 0.25) is 0 Å². The number of methoxy groups -OCH3 is 1. The van der Waals surface area contributed by atoms with Gasteiger partial charge in [-0.1, -0.05) is 13.0 Å². The molecule has 2 N–H and O–H groups in total. The summed E-state index contributed by atoms with van der Waals surface area (Å²) in [4.78, 5) is 24.8. The van der Waals surface area contributed by atoms with Crippen LogP contribution in [0, 0.1) is 5.82 Å². The van der Waals surface area contributed by atoms with Crippen LogP contribution >= 0.6 is 0 Å². The van der Waals surface area contributed by atoms with Gasteiger partial charge >= 0.3 is 6.03 Å². The van der Waals surface area contributed by atoms with Crippen LogP contribution in [0.25, 0.3) is 0 Å². The smallest absolute Gasteiger partial charge is 0.321 e. The normalized spacial score (nSPS) is 10.4. The monoisotopic (exact) mass is 311 g/mol. The van der Waals surface area contributed by atoms with Crippen molar-refractivity contribution in [2.45, 2.75) is 20.4 Å². The first-order valence-corrected chi connectivity index (χ1v) is 7.12. The molecule has 0 aliphatic carbocycles. The number of rotatable bonds is 7. The number of urea groups is 1. The predicted octanol–water partition coefficient (Wildman–Crippen LogP) is 1.50. The fourth-order valence-corrected chi connectivity index (χ4v) is 1.92. The van der Waals surface area contributed by atoms with E-state index in [9.17, 15) is 14.0 Å². The van der Waals surface area contributed by atoms with Crippen molar-refractivity contribution >= 4 is 11.9 Å². The molecule has 0 aliphatic rings. The van der Waals surface area contributed by atoms with Gasteiger partial charge in [-0.2, -0.15) is 0 Å². The summed E-state index contributed by atoms with van der Waals surface area (Å²) in [6, 6.07) is 4.15. The molecule has 0 saturated heterocycles. The summed E-state index contributed by atoms with van der Waals surface area (Å²) in [6.45, 7) is 5.15. The summed E-state index contributed by atoms with van der Waals surface area (Å²) >= 11 is 0. The fourth-order valence-electron chi connectivity index (χ4n) is 1.92. The van der Waals surface area contributed by atoms with E-state index in [1.165, 1.54) is 13.2 Å². The highest BCUT2D eigenvalue weighted by atomic mass is 19.1. The van der Waals surface area contributed by atoms with Gasteiger partial charge in [0.05, 0.1) is 13.7 Å². The zero-order valence-corrected chi connectivity index (χ0v) is 13.1. The Morgan fingerprint density at radius 2 is 2.05 bits per heavy atom. The molecule has 6 nitrogen and oxygen atoms in total. The van der Waals surface area contributed by atoms with Gasteiger partial charge in [0.2, 0.25) is 5.91 Å². The van der Waals surface area contributed by atoms with Crippen LogP contribution in [0.5, 0.6) is 5.75 Å². The zero-order valence-electron chi connectivity index (χ0n) is 13.1. The van der Waals surface area contributed by atoms with Crippen molar-refractivity contribution in [3.63, 3.8) is 0 Å². The highest BCUT2D eigenvalue weighted by molar-refractivity contribution is 5.95. The molecule has 0 aromatic heterocycles. The number of ether oxygens (including phenoxy) is 1. The Bertz CT molecular complexity index is 523. The second-order valence-electron chi connectivity index (χ2n) is 4.68. The second kappa shape index (κ2) is 8.99. The quantitative estimate of drug-likeness (QED) is 0.800. The minimum absolute atomic E-state index is 0.0568. The lowest BCUT2D eigenvalue weighted by atomic mass is 10.2. The number of likely N-dealkylation sites (N-methyl/N-ethyl adjacent to an activating group) is 1. The molecule has 0 aliphatic heterocycles. The lowest BCUT2D eigenvalue weighted by molar-refractivity contribution is -0.121. The Kier molecular flexibility index (Phi) is 7.31. The molecular formula is C15H22FN3O3. The topological polar surface area (TPSA) is 70.7 Å². The number of hydrogen-bond donors (Lipinski definition) is 2.